The molecule has 1 N–H and O–H groups in total. The van der Waals surface area contributed by atoms with E-state index in [9.17, 15) is 0 Å². The summed E-state index contributed by atoms with van der Waals surface area (Å²) in [6.45, 7) is 1.97. The summed E-state index contributed by atoms with van der Waals surface area (Å²) in [5.41, 5.74) is 2.52. The van der Waals surface area contributed by atoms with Crippen molar-refractivity contribution in [3.8, 4) is 11.3 Å². The molecule has 0 bridgehead atoms. The van der Waals surface area contributed by atoms with Gasteiger partial charge in [-0.25, -0.2) is 15.0 Å². The van der Waals surface area contributed by atoms with Gasteiger partial charge in [0.1, 0.15) is 5.82 Å². The van der Waals surface area contributed by atoms with Crippen LogP contribution in [0.5, 0.6) is 0 Å². The molecule has 0 unspecified atom stereocenters. The van der Waals surface area contributed by atoms with Crippen molar-refractivity contribution in [2.75, 3.05) is 5.32 Å². The lowest BCUT2D eigenvalue weighted by Crippen LogP contribution is -2.01. The summed E-state index contributed by atoms with van der Waals surface area (Å²) in [6, 6.07) is 15.0. The zero-order chi connectivity index (χ0) is 14.7. The molecule has 0 spiro atoms. The van der Waals surface area contributed by atoms with Gasteiger partial charge in [-0.1, -0.05) is 29.8 Å². The normalized spacial score (nSPS) is 10.0. The highest BCUT2D eigenvalue weighted by Crippen LogP contribution is 2.26. The molecule has 102 valence electrons. The van der Waals surface area contributed by atoms with Crippen molar-refractivity contribution in [3.63, 3.8) is 0 Å². The molecule has 0 amide bonds. The number of pyridine rings is 1. The van der Waals surface area contributed by atoms with E-state index in [1.165, 1.54) is 0 Å². The smallest absolute Gasteiger partial charge is 0.229 e. The van der Waals surface area contributed by atoms with E-state index in [-0.39, 0.29) is 0 Å². The zero-order valence-electron chi connectivity index (χ0n) is 11.3. The van der Waals surface area contributed by atoms with E-state index >= 15 is 0 Å². The number of halogens is 1. The third-order valence-corrected chi connectivity index (χ3v) is 3.19. The second kappa shape index (κ2) is 5.78. The Bertz CT molecular complexity index is 759. The van der Waals surface area contributed by atoms with Crippen LogP contribution in [0.2, 0.25) is 5.02 Å². The van der Waals surface area contributed by atoms with Gasteiger partial charge in [0.05, 0.1) is 16.9 Å². The van der Waals surface area contributed by atoms with Crippen molar-refractivity contribution in [2.45, 2.75) is 6.92 Å². The number of aryl methyl sites for hydroxylation is 1. The first kappa shape index (κ1) is 13.3. The van der Waals surface area contributed by atoms with Gasteiger partial charge in [-0.15, -0.1) is 0 Å². The van der Waals surface area contributed by atoms with Crippen molar-refractivity contribution in [1.82, 2.24) is 15.0 Å². The molecular weight excluding hydrogens is 284 g/mol. The molecular formula is C16H11ClN4. The predicted molar refractivity (Wildman–Crippen MR) is 82.4 cm³/mol. The van der Waals surface area contributed by atoms with E-state index in [4.69, 9.17) is 11.6 Å². The summed E-state index contributed by atoms with van der Waals surface area (Å²) in [5.74, 6) is 1.17. The fourth-order valence-corrected chi connectivity index (χ4v) is 2.05. The van der Waals surface area contributed by atoms with Crippen molar-refractivity contribution in [3.05, 3.63) is 65.4 Å². The van der Waals surface area contributed by atoms with Gasteiger partial charge in [0.25, 0.3) is 0 Å². The van der Waals surface area contributed by atoms with Gasteiger partial charge < -0.3 is 5.32 Å². The number of aromatic nitrogens is 3. The molecule has 5 heteroatoms. The molecule has 0 saturated heterocycles. The first-order valence-corrected chi connectivity index (χ1v) is 6.71. The SMILES string of the molecule is Cc1cccnc1Nc1ncc(Cl)c(-c2cc#ccc2)n1. The third-order valence-electron chi connectivity index (χ3n) is 2.91. The van der Waals surface area contributed by atoms with Crippen LogP contribution in [0.4, 0.5) is 11.8 Å². The van der Waals surface area contributed by atoms with Crippen LogP contribution in [0.25, 0.3) is 11.3 Å². The molecule has 2 heterocycles. The number of nitrogens with one attached hydrogen (secondary N) is 1. The molecule has 1 aromatic carbocycles. The van der Waals surface area contributed by atoms with Gasteiger partial charge in [0.15, 0.2) is 0 Å². The summed E-state index contributed by atoms with van der Waals surface area (Å²) < 4.78 is 0. The van der Waals surface area contributed by atoms with Crippen LogP contribution < -0.4 is 5.32 Å². The minimum Gasteiger partial charge on any atom is -0.309 e. The van der Waals surface area contributed by atoms with Gasteiger partial charge in [0, 0.05) is 11.8 Å². The summed E-state index contributed by atoms with van der Waals surface area (Å²) in [5, 5.41) is 3.58. The van der Waals surface area contributed by atoms with Crippen LogP contribution in [0.3, 0.4) is 0 Å². The fourth-order valence-electron chi connectivity index (χ4n) is 1.85. The molecule has 0 aliphatic carbocycles. The Morgan fingerprint density at radius 3 is 2.86 bits per heavy atom. The Hall–Kier alpha value is -2.64. The molecule has 0 atom stereocenters. The van der Waals surface area contributed by atoms with E-state index in [1.807, 2.05) is 25.1 Å². The van der Waals surface area contributed by atoms with E-state index in [2.05, 4.69) is 32.4 Å². The first-order valence-electron chi connectivity index (χ1n) is 6.33. The Balaban J connectivity index is 1.97. The zero-order valence-corrected chi connectivity index (χ0v) is 12.0. The van der Waals surface area contributed by atoms with Crippen molar-refractivity contribution in [2.24, 2.45) is 0 Å². The average Bonchev–Trinajstić information content (AvgIpc) is 2.52. The minimum atomic E-state index is 0.448. The Labute approximate surface area is 127 Å². The average molecular weight is 295 g/mol. The third kappa shape index (κ3) is 2.93. The number of anilines is 2. The second-order valence-corrected chi connectivity index (χ2v) is 4.81. The molecule has 0 aliphatic heterocycles. The molecule has 2 aromatic heterocycles. The van der Waals surface area contributed by atoms with Crippen LogP contribution in [0, 0.1) is 19.1 Å². The second-order valence-electron chi connectivity index (χ2n) is 4.41. The summed E-state index contributed by atoms with van der Waals surface area (Å²) in [6.07, 6.45) is 3.29. The maximum Gasteiger partial charge on any atom is 0.229 e. The lowest BCUT2D eigenvalue weighted by molar-refractivity contribution is 1.14. The van der Waals surface area contributed by atoms with Gasteiger partial charge in [-0.3, -0.25) is 0 Å². The van der Waals surface area contributed by atoms with E-state index in [0.717, 1.165) is 16.9 Å². The van der Waals surface area contributed by atoms with Gasteiger partial charge in [0.2, 0.25) is 5.95 Å². The van der Waals surface area contributed by atoms with Gasteiger partial charge in [-0.2, -0.15) is 0 Å². The van der Waals surface area contributed by atoms with E-state index in [1.54, 1.807) is 24.5 Å². The van der Waals surface area contributed by atoms with Gasteiger partial charge in [-0.05, 0) is 36.8 Å². The summed E-state index contributed by atoms with van der Waals surface area (Å²) >= 11 is 6.17. The van der Waals surface area contributed by atoms with Crippen LogP contribution in [-0.4, -0.2) is 15.0 Å². The molecule has 0 saturated carbocycles. The summed E-state index contributed by atoms with van der Waals surface area (Å²) in [7, 11) is 0. The maximum absolute atomic E-state index is 6.17. The standard InChI is InChI=1S/C16H11ClN4/c1-11-6-5-9-18-15(11)21-16-19-10-13(17)14(20-16)12-7-3-2-4-8-12/h3,5-10H,1H3,(H,18,19,20,21). The molecule has 3 aromatic rings. The topological polar surface area (TPSA) is 50.7 Å². The molecule has 3 rings (SSSR count). The monoisotopic (exact) mass is 294 g/mol. The van der Waals surface area contributed by atoms with E-state index < -0.39 is 0 Å². The number of nitrogens with zero attached hydrogens (tertiary/aromatic N) is 3. The number of hydrogen-bond acceptors (Lipinski definition) is 4. The lowest BCUT2D eigenvalue weighted by Gasteiger charge is -2.08. The Morgan fingerprint density at radius 1 is 1.19 bits per heavy atom. The largest absolute Gasteiger partial charge is 0.309 e. The molecule has 0 aliphatic rings. The van der Waals surface area contributed by atoms with Gasteiger partial charge >= 0.3 is 0 Å². The molecule has 0 radical (unpaired) electrons. The highest BCUT2D eigenvalue weighted by molar-refractivity contribution is 6.32. The fraction of sp³-hybridized carbons (Fsp3) is 0.0625. The Kier molecular flexibility index (Phi) is 3.67. The maximum atomic E-state index is 6.17. The first-order chi connectivity index (χ1) is 10.2. The quantitative estimate of drug-likeness (QED) is 0.797. The number of rotatable bonds is 3. The minimum absolute atomic E-state index is 0.448. The van der Waals surface area contributed by atoms with Crippen LogP contribution in [-0.2, 0) is 0 Å². The van der Waals surface area contributed by atoms with Crippen LogP contribution in [0.1, 0.15) is 5.56 Å². The van der Waals surface area contributed by atoms with Crippen molar-refractivity contribution in [1.29, 1.82) is 0 Å². The van der Waals surface area contributed by atoms with E-state index in [0.29, 0.717) is 16.7 Å². The van der Waals surface area contributed by atoms with Crippen LogP contribution in [0.15, 0.2) is 42.7 Å². The molecule has 21 heavy (non-hydrogen) atoms. The molecule has 0 fully saturated rings. The highest BCUT2D eigenvalue weighted by Gasteiger charge is 2.09. The van der Waals surface area contributed by atoms with Crippen molar-refractivity contribution >= 4 is 23.4 Å². The van der Waals surface area contributed by atoms with Crippen LogP contribution >= 0.6 is 11.6 Å². The van der Waals surface area contributed by atoms with Crippen molar-refractivity contribution < 1.29 is 0 Å². The summed E-state index contributed by atoms with van der Waals surface area (Å²) in [4.78, 5) is 12.9. The lowest BCUT2D eigenvalue weighted by atomic mass is 10.2. The highest BCUT2D eigenvalue weighted by atomic mass is 35.5. The molecule has 4 nitrogen and oxygen atoms in total. The Morgan fingerprint density at radius 2 is 2.10 bits per heavy atom. The number of hydrogen-bond donors (Lipinski definition) is 1. The predicted octanol–water partition coefficient (Wildman–Crippen LogP) is 3.84.